The van der Waals surface area contributed by atoms with E-state index in [9.17, 15) is 15.0 Å². The van der Waals surface area contributed by atoms with Gasteiger partial charge in [-0.25, -0.2) is 4.79 Å². The Balaban J connectivity index is 0.000000115. The van der Waals surface area contributed by atoms with Gasteiger partial charge in [-0.2, -0.15) is 0 Å². The first-order valence-corrected chi connectivity index (χ1v) is 10.2. The van der Waals surface area contributed by atoms with E-state index in [1.54, 1.807) is 18.2 Å². The van der Waals surface area contributed by atoms with Crippen molar-refractivity contribution in [3.05, 3.63) is 120 Å². The van der Waals surface area contributed by atoms with Gasteiger partial charge >= 0.3 is 5.97 Å². The quantitative estimate of drug-likeness (QED) is 0.282. The Bertz CT molecular complexity index is 1290. The number of carbonyl (C=O) groups excluding carboxylic acids is 1. The molecule has 0 saturated heterocycles. The number of aromatic hydroxyl groups is 2. The molecule has 2 N–H and O–H groups in total. The number of cyclic esters (lactones) is 1. The predicted molar refractivity (Wildman–Crippen MR) is 127 cm³/mol. The number of phenols is 2. The lowest BCUT2D eigenvalue weighted by molar-refractivity contribution is 0.0535. The monoisotopic (exact) mass is 422 g/mol. The molecule has 32 heavy (non-hydrogen) atoms. The van der Waals surface area contributed by atoms with Gasteiger partial charge in [-0.3, -0.25) is 0 Å². The van der Waals surface area contributed by atoms with Gasteiger partial charge in [0.1, 0.15) is 18.1 Å². The summed E-state index contributed by atoms with van der Waals surface area (Å²) in [6.45, 7) is 0.439. The van der Waals surface area contributed by atoms with Crippen molar-refractivity contribution in [3.8, 4) is 11.5 Å². The summed E-state index contributed by atoms with van der Waals surface area (Å²) in [5.74, 6) is 0.502. The zero-order chi connectivity index (χ0) is 22.3. The molecule has 1 aliphatic heterocycles. The molecule has 1 aliphatic rings. The van der Waals surface area contributed by atoms with Gasteiger partial charge in [-0.1, -0.05) is 91.0 Å². The van der Waals surface area contributed by atoms with E-state index in [1.807, 2.05) is 91.0 Å². The van der Waals surface area contributed by atoms with Gasteiger partial charge in [0.05, 0.1) is 5.56 Å². The second-order valence-electron chi connectivity index (χ2n) is 7.23. The van der Waals surface area contributed by atoms with Crippen molar-refractivity contribution in [1.29, 1.82) is 0 Å². The van der Waals surface area contributed by atoms with Crippen LogP contribution in [0.15, 0.2) is 109 Å². The van der Waals surface area contributed by atoms with Crippen LogP contribution in [0.4, 0.5) is 0 Å². The number of hydrogen-bond donors (Lipinski definition) is 2. The maximum atomic E-state index is 10.8. The maximum Gasteiger partial charge on any atom is 0.338 e. The van der Waals surface area contributed by atoms with Crippen LogP contribution in [0, 0.1) is 0 Å². The van der Waals surface area contributed by atoms with Gasteiger partial charge in [0.25, 0.3) is 0 Å². The molecular formula is C28H22O4. The average Bonchev–Trinajstić information content (AvgIpc) is 3.22. The third-order valence-corrected chi connectivity index (χ3v) is 5.13. The van der Waals surface area contributed by atoms with Crippen LogP contribution in [-0.2, 0) is 11.3 Å². The van der Waals surface area contributed by atoms with E-state index in [1.165, 1.54) is 0 Å². The van der Waals surface area contributed by atoms with E-state index in [-0.39, 0.29) is 5.97 Å². The summed E-state index contributed by atoms with van der Waals surface area (Å²) in [5, 5.41) is 22.7. The Morgan fingerprint density at radius 1 is 0.562 bits per heavy atom. The summed E-state index contributed by atoms with van der Waals surface area (Å²) in [7, 11) is 0. The Kier molecular flexibility index (Phi) is 6.33. The minimum absolute atomic E-state index is 0.199. The normalized spacial score (nSPS) is 11.6. The molecule has 0 spiro atoms. The lowest BCUT2D eigenvalue weighted by atomic mass is 10.1. The fraction of sp³-hybridized carbons (Fsp3) is 0.0357. The fourth-order valence-corrected chi connectivity index (χ4v) is 3.48. The van der Waals surface area contributed by atoms with Crippen LogP contribution < -0.4 is 0 Å². The van der Waals surface area contributed by atoms with Crippen molar-refractivity contribution in [2.45, 2.75) is 6.61 Å². The Morgan fingerprint density at radius 3 is 1.56 bits per heavy atom. The van der Waals surface area contributed by atoms with Crippen LogP contribution in [0.5, 0.6) is 11.5 Å². The fourth-order valence-electron chi connectivity index (χ4n) is 3.48. The maximum absolute atomic E-state index is 10.8. The van der Waals surface area contributed by atoms with Crippen molar-refractivity contribution in [1.82, 2.24) is 0 Å². The largest absolute Gasteiger partial charge is 0.507 e. The minimum atomic E-state index is -0.199. The van der Waals surface area contributed by atoms with Crippen LogP contribution in [-0.4, -0.2) is 16.2 Å². The highest BCUT2D eigenvalue weighted by atomic mass is 16.5. The van der Waals surface area contributed by atoms with Gasteiger partial charge in [0.15, 0.2) is 0 Å². The standard InChI is InChI=1S/2C10H8O.C8H6O2/c2*11-10-7-3-5-8-4-1-2-6-9(8)10;9-8-7-4-2-1-3-6(7)5-10-8/h2*1-7,11H;1-4H,5H2. The molecular weight excluding hydrogens is 400 g/mol. The molecule has 0 unspecified atom stereocenters. The number of rotatable bonds is 0. The number of hydrogen-bond acceptors (Lipinski definition) is 4. The average molecular weight is 422 g/mol. The third-order valence-electron chi connectivity index (χ3n) is 5.13. The van der Waals surface area contributed by atoms with E-state index >= 15 is 0 Å². The molecule has 4 nitrogen and oxygen atoms in total. The molecule has 4 heteroatoms. The van der Waals surface area contributed by atoms with E-state index in [0.29, 0.717) is 23.7 Å². The Hall–Kier alpha value is -4.31. The van der Waals surface area contributed by atoms with Crippen molar-refractivity contribution >= 4 is 27.5 Å². The highest BCUT2D eigenvalue weighted by Gasteiger charge is 2.18. The first kappa shape index (κ1) is 20.9. The first-order valence-electron chi connectivity index (χ1n) is 10.2. The third kappa shape index (κ3) is 4.71. The summed E-state index contributed by atoms with van der Waals surface area (Å²) >= 11 is 0. The summed E-state index contributed by atoms with van der Waals surface area (Å²) in [4.78, 5) is 10.8. The summed E-state index contributed by atoms with van der Waals surface area (Å²) in [6.07, 6.45) is 0. The van der Waals surface area contributed by atoms with E-state index < -0.39 is 0 Å². The summed E-state index contributed by atoms with van der Waals surface area (Å²) in [6, 6.07) is 34.0. The number of phenolic OH excluding ortho intramolecular Hbond substituents is 2. The van der Waals surface area contributed by atoms with Gasteiger partial charge < -0.3 is 14.9 Å². The molecule has 5 aromatic carbocycles. The molecule has 0 atom stereocenters. The van der Waals surface area contributed by atoms with Crippen LogP contribution >= 0.6 is 0 Å². The molecule has 0 amide bonds. The zero-order valence-corrected chi connectivity index (χ0v) is 17.3. The molecule has 0 fully saturated rings. The van der Waals surface area contributed by atoms with Gasteiger partial charge in [0, 0.05) is 16.3 Å². The summed E-state index contributed by atoms with van der Waals surface area (Å²) in [5.41, 5.74) is 1.70. The molecule has 0 aliphatic carbocycles. The van der Waals surface area contributed by atoms with Crippen molar-refractivity contribution < 1.29 is 19.7 Å². The van der Waals surface area contributed by atoms with Gasteiger partial charge in [-0.05, 0) is 29.0 Å². The molecule has 6 rings (SSSR count). The SMILES string of the molecule is O=C1OCc2ccccc21.Oc1cccc2ccccc12.Oc1cccc2ccccc12. The highest BCUT2D eigenvalue weighted by Crippen LogP contribution is 2.24. The second kappa shape index (κ2) is 9.67. The highest BCUT2D eigenvalue weighted by molar-refractivity contribution is 5.93. The molecule has 0 saturated carbocycles. The van der Waals surface area contributed by atoms with Gasteiger partial charge in [-0.15, -0.1) is 0 Å². The van der Waals surface area contributed by atoms with Crippen molar-refractivity contribution in [3.63, 3.8) is 0 Å². The number of ether oxygens (including phenoxy) is 1. The van der Waals surface area contributed by atoms with Gasteiger partial charge in [0.2, 0.25) is 0 Å². The lowest BCUT2D eigenvalue weighted by Gasteiger charge is -1.97. The molecule has 0 aromatic heterocycles. The molecule has 1 heterocycles. The van der Waals surface area contributed by atoms with Crippen LogP contribution in [0.3, 0.4) is 0 Å². The smallest absolute Gasteiger partial charge is 0.338 e. The minimum Gasteiger partial charge on any atom is -0.507 e. The van der Waals surface area contributed by atoms with Crippen LogP contribution in [0.25, 0.3) is 21.5 Å². The molecule has 158 valence electrons. The van der Waals surface area contributed by atoms with E-state index in [2.05, 4.69) is 0 Å². The topological polar surface area (TPSA) is 66.8 Å². The summed E-state index contributed by atoms with van der Waals surface area (Å²) < 4.78 is 4.78. The van der Waals surface area contributed by atoms with Crippen LogP contribution in [0.1, 0.15) is 15.9 Å². The zero-order valence-electron chi connectivity index (χ0n) is 17.3. The number of fused-ring (bicyclic) bond motifs is 3. The van der Waals surface area contributed by atoms with Crippen molar-refractivity contribution in [2.75, 3.05) is 0 Å². The second-order valence-corrected chi connectivity index (χ2v) is 7.23. The number of benzene rings is 5. The Labute approximate surface area is 186 Å². The van der Waals surface area contributed by atoms with Crippen LogP contribution in [0.2, 0.25) is 0 Å². The Morgan fingerprint density at radius 2 is 1.03 bits per heavy atom. The lowest BCUT2D eigenvalue weighted by Crippen LogP contribution is -1.91. The van der Waals surface area contributed by atoms with E-state index in [0.717, 1.165) is 27.1 Å². The molecule has 0 radical (unpaired) electrons. The number of carbonyl (C=O) groups is 1. The van der Waals surface area contributed by atoms with Crippen molar-refractivity contribution in [2.24, 2.45) is 0 Å². The first-order chi connectivity index (χ1) is 15.6. The predicted octanol–water partition coefficient (Wildman–Crippen LogP) is 6.45. The molecule has 0 bridgehead atoms. The molecule has 5 aromatic rings. The van der Waals surface area contributed by atoms with E-state index in [4.69, 9.17) is 4.74 Å². The number of esters is 1.